The fourth-order valence-corrected chi connectivity index (χ4v) is 10.3. The Morgan fingerprint density at radius 1 is 0.700 bits per heavy atom. The molecular formula is C16H28N2O10Se2. The summed E-state index contributed by atoms with van der Waals surface area (Å²) in [5, 5.41) is 66.1. The minimum atomic E-state index is -1.46. The van der Waals surface area contributed by atoms with Gasteiger partial charge < -0.3 is 0 Å². The molecular weight excluding hydrogens is 538 g/mol. The molecule has 0 radical (unpaired) electrons. The zero-order valence-electron chi connectivity index (χ0n) is 16.3. The van der Waals surface area contributed by atoms with Gasteiger partial charge in [0.2, 0.25) is 0 Å². The quantitative estimate of drug-likeness (QED) is 0.109. The van der Waals surface area contributed by atoms with E-state index in [1.165, 1.54) is 13.8 Å². The molecule has 2 aliphatic rings. The minimum absolute atomic E-state index is 0.0909. The Hall–Kier alpha value is -0.341. The molecule has 14 heteroatoms. The van der Waals surface area contributed by atoms with Gasteiger partial charge in [-0.25, -0.2) is 0 Å². The van der Waals surface area contributed by atoms with Gasteiger partial charge in [0.25, 0.3) is 0 Å². The average molecular weight is 566 g/mol. The van der Waals surface area contributed by atoms with Crippen LogP contribution in [0.1, 0.15) is 13.8 Å². The van der Waals surface area contributed by atoms with Crippen molar-refractivity contribution in [3.63, 3.8) is 0 Å². The van der Waals surface area contributed by atoms with E-state index in [1.54, 1.807) is 0 Å². The molecule has 0 aromatic carbocycles. The van der Waals surface area contributed by atoms with Crippen LogP contribution in [0, 0.1) is 0 Å². The van der Waals surface area contributed by atoms with Gasteiger partial charge in [-0.1, -0.05) is 0 Å². The number of nitrogens with one attached hydrogen (secondary N) is 2. The van der Waals surface area contributed by atoms with Gasteiger partial charge >= 0.3 is 184 Å². The van der Waals surface area contributed by atoms with Crippen LogP contribution in [0.2, 0.25) is 10.6 Å². The van der Waals surface area contributed by atoms with Crippen LogP contribution in [0.3, 0.4) is 0 Å². The maximum atomic E-state index is 11.1. The van der Waals surface area contributed by atoms with E-state index in [0.717, 1.165) is 0 Å². The van der Waals surface area contributed by atoms with Gasteiger partial charge in [-0.15, -0.1) is 0 Å². The van der Waals surface area contributed by atoms with E-state index in [9.17, 15) is 40.2 Å². The van der Waals surface area contributed by atoms with Crippen LogP contribution < -0.4 is 10.6 Å². The van der Waals surface area contributed by atoms with Gasteiger partial charge in [-0.3, -0.25) is 0 Å². The van der Waals surface area contributed by atoms with Gasteiger partial charge in [0.1, 0.15) is 0 Å². The Labute approximate surface area is 184 Å². The van der Waals surface area contributed by atoms with Crippen molar-refractivity contribution < 1.29 is 49.7 Å². The van der Waals surface area contributed by atoms with E-state index in [4.69, 9.17) is 9.47 Å². The zero-order valence-corrected chi connectivity index (χ0v) is 19.7. The van der Waals surface area contributed by atoms with Crippen molar-refractivity contribution in [3.8, 4) is 0 Å². The van der Waals surface area contributed by atoms with Crippen molar-refractivity contribution in [2.24, 2.45) is 0 Å². The number of aliphatic hydroxyl groups is 6. The van der Waals surface area contributed by atoms with E-state index >= 15 is 0 Å². The Morgan fingerprint density at radius 3 is 1.33 bits per heavy atom. The molecule has 2 heterocycles. The van der Waals surface area contributed by atoms with Crippen molar-refractivity contribution in [2.75, 3.05) is 0 Å². The van der Waals surface area contributed by atoms with Crippen LogP contribution in [0.15, 0.2) is 0 Å². The number of carbonyl (C=O) groups excluding carboxylic acids is 2. The maximum absolute atomic E-state index is 11.1. The summed E-state index contributed by atoms with van der Waals surface area (Å²) in [6.45, 7) is 2.44. The van der Waals surface area contributed by atoms with Crippen molar-refractivity contribution in [1.29, 1.82) is 0 Å². The summed E-state index contributed by atoms with van der Waals surface area (Å²) < 4.78 is 10.7. The van der Waals surface area contributed by atoms with E-state index in [1.807, 2.05) is 0 Å². The zero-order chi connectivity index (χ0) is 22.6. The summed E-state index contributed by atoms with van der Waals surface area (Å²) in [6.07, 6.45) is -9.90. The summed E-state index contributed by atoms with van der Waals surface area (Å²) in [4.78, 5) is 22.3. The second-order valence-corrected chi connectivity index (χ2v) is 14.6. The van der Waals surface area contributed by atoms with Crippen LogP contribution >= 0.6 is 0 Å². The number of rotatable bonds is 7. The molecule has 2 saturated heterocycles. The number of ether oxygens (including phenoxy) is 2. The first-order chi connectivity index (χ1) is 14.0. The predicted octanol–water partition coefficient (Wildman–Crippen LogP) is -4.97. The number of amides is 2. The first-order valence-electron chi connectivity index (χ1n) is 9.20. The Kier molecular flexibility index (Phi) is 9.94. The summed E-state index contributed by atoms with van der Waals surface area (Å²) in [5.41, 5.74) is 0. The standard InChI is InChI=1S/C16H28N2O10Se2/c1-5(19)17-9-13(23)11(21)7(27-15(9)25)3-29-30-4-8-12(22)14(24)10(16(26)28-8)18-6(2)20/h7-16,21-26H,3-4H2,1-2H3,(H,17,19)(H,18,20)/t7-,8-,9+,10+,11-,12-,13-,14-,15?,16?/m1/s1. The molecule has 2 unspecified atom stereocenters. The summed E-state index contributed by atoms with van der Waals surface area (Å²) in [5.74, 6) is -0.952. The van der Waals surface area contributed by atoms with E-state index in [0.29, 0.717) is 10.6 Å². The van der Waals surface area contributed by atoms with Crippen LogP contribution in [-0.4, -0.2) is 130 Å². The molecule has 2 fully saturated rings. The first-order valence-corrected chi connectivity index (χ1v) is 16.0. The molecule has 174 valence electrons. The number of carbonyl (C=O) groups is 2. The molecule has 2 rings (SSSR count). The third kappa shape index (κ3) is 6.58. The average Bonchev–Trinajstić information content (AvgIpc) is 2.66. The first kappa shape index (κ1) is 25.9. The summed E-state index contributed by atoms with van der Waals surface area (Å²) in [7, 11) is 0. The Balaban J connectivity index is 1.79. The molecule has 2 amide bonds. The van der Waals surface area contributed by atoms with Gasteiger partial charge in [-0.2, -0.15) is 0 Å². The molecule has 0 bridgehead atoms. The molecule has 0 aromatic rings. The molecule has 0 saturated carbocycles. The molecule has 10 atom stereocenters. The van der Waals surface area contributed by atoms with Crippen LogP contribution in [0.5, 0.6) is 0 Å². The Bertz CT molecular complexity index is 552. The molecule has 30 heavy (non-hydrogen) atoms. The van der Waals surface area contributed by atoms with Crippen LogP contribution in [0.25, 0.3) is 0 Å². The molecule has 12 nitrogen and oxygen atoms in total. The van der Waals surface area contributed by atoms with Crippen molar-refractivity contribution >= 4 is 38.1 Å². The Morgan fingerprint density at radius 2 is 1.03 bits per heavy atom. The number of hydrogen-bond donors (Lipinski definition) is 8. The van der Waals surface area contributed by atoms with Crippen LogP contribution in [-0.2, 0) is 19.1 Å². The second-order valence-electron chi connectivity index (χ2n) is 7.11. The monoisotopic (exact) mass is 568 g/mol. The molecule has 0 spiro atoms. The molecule has 8 N–H and O–H groups in total. The number of aliphatic hydroxyl groups excluding tert-OH is 6. The molecule has 0 aliphatic carbocycles. The van der Waals surface area contributed by atoms with Gasteiger partial charge in [0.05, 0.1) is 0 Å². The van der Waals surface area contributed by atoms with Gasteiger partial charge in [0, 0.05) is 0 Å². The summed E-state index contributed by atoms with van der Waals surface area (Å²) >= 11 is -0.182. The van der Waals surface area contributed by atoms with E-state index in [-0.39, 0.29) is 26.3 Å². The third-order valence-corrected chi connectivity index (χ3v) is 11.8. The molecule has 0 aromatic heterocycles. The third-order valence-electron chi connectivity index (χ3n) is 4.73. The van der Waals surface area contributed by atoms with E-state index in [2.05, 4.69) is 10.6 Å². The second kappa shape index (κ2) is 11.5. The normalized spacial score (nSPS) is 41.9. The fraction of sp³-hybridized carbons (Fsp3) is 0.875. The molecule has 2 aliphatic heterocycles. The topological polar surface area (TPSA) is 198 Å². The van der Waals surface area contributed by atoms with Crippen LogP contribution in [0.4, 0.5) is 0 Å². The van der Waals surface area contributed by atoms with E-state index < -0.39 is 73.1 Å². The predicted molar refractivity (Wildman–Crippen MR) is 102 cm³/mol. The fourth-order valence-electron chi connectivity index (χ4n) is 3.18. The SMILES string of the molecule is CC(=O)N[C@@H]1C(O)O[C@H](C[Se][Se]C[C@H]2OC(O)[C@@H](NC(C)=O)[C@@H](O)[C@@H]2O)[C@@H](O)[C@@H]1O. The number of hydrogen-bond acceptors (Lipinski definition) is 10. The van der Waals surface area contributed by atoms with Gasteiger partial charge in [-0.05, 0) is 0 Å². The van der Waals surface area contributed by atoms with Crippen molar-refractivity contribution in [3.05, 3.63) is 0 Å². The van der Waals surface area contributed by atoms with Crippen molar-refractivity contribution in [2.45, 2.75) is 85.8 Å². The van der Waals surface area contributed by atoms with Crippen molar-refractivity contribution in [1.82, 2.24) is 10.6 Å². The summed E-state index contributed by atoms with van der Waals surface area (Å²) in [6, 6.07) is -2.26. The van der Waals surface area contributed by atoms with Gasteiger partial charge in [0.15, 0.2) is 0 Å².